The van der Waals surface area contributed by atoms with Gasteiger partial charge in [0.05, 0.1) is 12.1 Å². The van der Waals surface area contributed by atoms with Crippen molar-refractivity contribution in [1.82, 2.24) is 25.1 Å². The molecule has 2 aromatic rings. The third-order valence-corrected chi connectivity index (χ3v) is 6.31. The molecule has 6 nitrogen and oxygen atoms in total. The van der Waals surface area contributed by atoms with E-state index >= 15 is 0 Å². The second-order valence-electron chi connectivity index (χ2n) is 9.19. The van der Waals surface area contributed by atoms with Gasteiger partial charge in [-0.3, -0.25) is 4.79 Å². The summed E-state index contributed by atoms with van der Waals surface area (Å²) in [5.74, 6) is 2.46. The van der Waals surface area contributed by atoms with Crippen LogP contribution in [-0.4, -0.2) is 31.7 Å². The summed E-state index contributed by atoms with van der Waals surface area (Å²) in [6.07, 6.45) is 3.88. The molecule has 2 aromatic heterocycles. The van der Waals surface area contributed by atoms with Gasteiger partial charge >= 0.3 is 0 Å². The van der Waals surface area contributed by atoms with Gasteiger partial charge in [0.2, 0.25) is 5.91 Å². The van der Waals surface area contributed by atoms with E-state index in [1.807, 2.05) is 33.8 Å². The maximum Gasteiger partial charge on any atom is 0.251 e. The molecule has 1 saturated carbocycles. The van der Waals surface area contributed by atoms with Crippen molar-refractivity contribution in [2.75, 3.05) is 0 Å². The highest BCUT2D eigenvalue weighted by atomic mass is 16.1. The van der Waals surface area contributed by atoms with Crippen LogP contribution in [0.5, 0.6) is 0 Å². The van der Waals surface area contributed by atoms with Crippen molar-refractivity contribution in [3.63, 3.8) is 0 Å². The first-order valence-electron chi connectivity index (χ1n) is 10.8. The first kappa shape index (κ1) is 21.5. The largest absolute Gasteiger partial charge is 0.353 e. The van der Waals surface area contributed by atoms with Crippen molar-refractivity contribution in [2.45, 2.75) is 80.2 Å². The summed E-state index contributed by atoms with van der Waals surface area (Å²) in [5.41, 5.74) is 4.57. The summed E-state index contributed by atoms with van der Waals surface area (Å²) in [6, 6.07) is 2.21. The molecule has 0 saturated heterocycles. The van der Waals surface area contributed by atoms with Gasteiger partial charge in [0.15, 0.2) is 0 Å². The van der Waals surface area contributed by atoms with Gasteiger partial charge in [-0.05, 0) is 64.4 Å². The van der Waals surface area contributed by atoms with Crippen molar-refractivity contribution in [3.05, 3.63) is 34.4 Å². The fourth-order valence-corrected chi connectivity index (χ4v) is 4.71. The highest BCUT2D eigenvalue weighted by Crippen LogP contribution is 2.33. The van der Waals surface area contributed by atoms with Crippen molar-refractivity contribution in [3.8, 4) is 5.95 Å². The van der Waals surface area contributed by atoms with Gasteiger partial charge in [-0.25, -0.2) is 14.6 Å². The van der Waals surface area contributed by atoms with Gasteiger partial charge in [0.1, 0.15) is 0 Å². The van der Waals surface area contributed by atoms with E-state index in [4.69, 9.17) is 0 Å². The summed E-state index contributed by atoms with van der Waals surface area (Å²) in [5, 5.41) is 7.97. The molecule has 3 atom stereocenters. The van der Waals surface area contributed by atoms with E-state index in [-0.39, 0.29) is 11.9 Å². The number of nitrogens with zero attached hydrogens (tertiary/aromatic N) is 4. The lowest BCUT2D eigenvalue weighted by atomic mass is 9.74. The predicted octanol–water partition coefficient (Wildman–Crippen LogP) is 4.02. The number of carbonyl (C=O) groups is 1. The molecule has 0 aliphatic heterocycles. The molecular formula is C23H35N5O. The Morgan fingerprint density at radius 2 is 1.83 bits per heavy atom. The van der Waals surface area contributed by atoms with Gasteiger partial charge in [0, 0.05) is 28.7 Å². The van der Waals surface area contributed by atoms with Crippen LogP contribution in [0, 0.1) is 45.4 Å². The number of hydrogen-bond donors (Lipinski definition) is 1. The lowest BCUT2D eigenvalue weighted by molar-refractivity contribution is -0.122. The smallest absolute Gasteiger partial charge is 0.251 e. The van der Waals surface area contributed by atoms with Crippen LogP contribution < -0.4 is 5.32 Å². The Balaban J connectivity index is 1.78. The monoisotopic (exact) mass is 397 g/mol. The van der Waals surface area contributed by atoms with Crippen molar-refractivity contribution >= 4 is 5.91 Å². The number of hydrogen-bond acceptors (Lipinski definition) is 4. The van der Waals surface area contributed by atoms with Crippen LogP contribution in [0.15, 0.2) is 6.07 Å². The second-order valence-corrected chi connectivity index (χ2v) is 9.19. The first-order valence-corrected chi connectivity index (χ1v) is 10.8. The molecule has 1 amide bonds. The first-order chi connectivity index (χ1) is 13.7. The van der Waals surface area contributed by atoms with Crippen LogP contribution in [0.4, 0.5) is 0 Å². The Morgan fingerprint density at radius 3 is 2.45 bits per heavy atom. The van der Waals surface area contributed by atoms with Gasteiger partial charge in [-0.1, -0.05) is 27.2 Å². The van der Waals surface area contributed by atoms with Gasteiger partial charge in [0.25, 0.3) is 5.95 Å². The Labute approximate surface area is 174 Å². The highest BCUT2D eigenvalue weighted by molar-refractivity contribution is 5.79. The van der Waals surface area contributed by atoms with E-state index in [0.717, 1.165) is 34.8 Å². The van der Waals surface area contributed by atoms with Crippen molar-refractivity contribution in [1.29, 1.82) is 0 Å². The molecule has 29 heavy (non-hydrogen) atoms. The maximum atomic E-state index is 12.9. The van der Waals surface area contributed by atoms with Gasteiger partial charge < -0.3 is 5.32 Å². The molecule has 1 N–H and O–H groups in total. The molecule has 1 aliphatic rings. The van der Waals surface area contributed by atoms with Crippen LogP contribution in [0.1, 0.15) is 68.4 Å². The second kappa shape index (κ2) is 8.64. The number of carbonyl (C=O) groups excluding carboxylic acids is 1. The molecule has 0 aromatic carbocycles. The van der Waals surface area contributed by atoms with Crippen LogP contribution in [-0.2, 0) is 11.2 Å². The van der Waals surface area contributed by atoms with Crippen molar-refractivity contribution in [2.24, 2.45) is 17.8 Å². The highest BCUT2D eigenvalue weighted by Gasteiger charge is 2.32. The fourth-order valence-electron chi connectivity index (χ4n) is 4.71. The lowest BCUT2D eigenvalue weighted by Crippen LogP contribution is -2.46. The molecule has 6 heteroatoms. The number of rotatable bonds is 5. The molecular weight excluding hydrogens is 362 g/mol. The average Bonchev–Trinajstić information content (AvgIpc) is 2.89. The summed E-state index contributed by atoms with van der Waals surface area (Å²) < 4.78 is 1.76. The van der Waals surface area contributed by atoms with Gasteiger partial charge in [-0.15, -0.1) is 0 Å². The van der Waals surface area contributed by atoms with E-state index in [9.17, 15) is 4.79 Å². The Hall–Kier alpha value is -2.24. The minimum absolute atomic E-state index is 0.0850. The molecule has 158 valence electrons. The number of nitrogens with one attached hydrogen (secondary N) is 1. The maximum absolute atomic E-state index is 12.9. The third-order valence-electron chi connectivity index (χ3n) is 6.31. The lowest BCUT2D eigenvalue weighted by Gasteiger charge is -2.37. The van der Waals surface area contributed by atoms with Crippen LogP contribution in [0.3, 0.4) is 0 Å². The fraction of sp³-hybridized carbons (Fsp3) is 0.652. The summed E-state index contributed by atoms with van der Waals surface area (Å²) >= 11 is 0. The minimum atomic E-state index is 0.0850. The Kier molecular flexibility index (Phi) is 6.39. The number of aryl methyl sites for hydroxylation is 3. The molecule has 1 fully saturated rings. The molecule has 0 spiro atoms. The summed E-state index contributed by atoms with van der Waals surface area (Å²) in [6.45, 7) is 14.7. The van der Waals surface area contributed by atoms with E-state index < -0.39 is 0 Å². The van der Waals surface area contributed by atoms with E-state index in [2.05, 4.69) is 41.2 Å². The minimum Gasteiger partial charge on any atom is -0.353 e. The molecule has 1 aliphatic carbocycles. The Morgan fingerprint density at radius 1 is 1.17 bits per heavy atom. The summed E-state index contributed by atoms with van der Waals surface area (Å²) in [7, 11) is 0. The van der Waals surface area contributed by atoms with Crippen LogP contribution in [0.25, 0.3) is 5.95 Å². The van der Waals surface area contributed by atoms with Crippen LogP contribution in [0.2, 0.25) is 0 Å². The van der Waals surface area contributed by atoms with Gasteiger partial charge in [-0.2, -0.15) is 5.10 Å². The third kappa shape index (κ3) is 4.85. The quantitative estimate of drug-likeness (QED) is 0.827. The number of aromatic nitrogens is 4. The predicted molar refractivity (Wildman–Crippen MR) is 115 cm³/mol. The Bertz CT molecular complexity index is 865. The van der Waals surface area contributed by atoms with E-state index in [1.54, 1.807) is 4.68 Å². The molecule has 0 bridgehead atoms. The summed E-state index contributed by atoms with van der Waals surface area (Å²) in [4.78, 5) is 22.0. The number of amides is 1. The van der Waals surface area contributed by atoms with E-state index in [0.29, 0.717) is 30.1 Å². The SMILES string of the molecule is Cc1cc(C)nc(-n2nc(C)c(CC(=O)N[C@@H]3C[C@@H](C)CC[C@H]3C(C)C)c2C)n1. The zero-order valence-corrected chi connectivity index (χ0v) is 18.9. The average molecular weight is 398 g/mol. The van der Waals surface area contributed by atoms with Crippen molar-refractivity contribution < 1.29 is 4.79 Å². The molecule has 0 unspecified atom stereocenters. The van der Waals surface area contributed by atoms with Crippen LogP contribution >= 0.6 is 0 Å². The standard InChI is InChI=1S/C23H35N5O/c1-13(2)19-9-8-14(3)10-21(19)26-22(29)12-20-17(6)27-28(18(20)7)23-24-15(4)11-16(5)25-23/h11,13-14,19,21H,8-10,12H2,1-7H3,(H,26,29)/t14-,19-,21+/m0/s1. The zero-order valence-electron chi connectivity index (χ0n) is 18.9. The topological polar surface area (TPSA) is 72.7 Å². The molecule has 3 rings (SSSR count). The van der Waals surface area contributed by atoms with E-state index in [1.165, 1.54) is 12.8 Å². The molecule has 0 radical (unpaired) electrons. The molecule has 2 heterocycles. The normalized spacial score (nSPS) is 22.1. The zero-order chi connectivity index (χ0) is 21.3.